The minimum absolute atomic E-state index is 0. The zero-order valence-corrected chi connectivity index (χ0v) is 20.6. The molecule has 0 radical (unpaired) electrons. The SMILES string of the molecule is CN=C(NCC(C)N1CCN(C)CC1)NCC1(c2cccc(Br)c2)CC1.I. The van der Waals surface area contributed by atoms with Gasteiger partial charge in [0.05, 0.1) is 0 Å². The van der Waals surface area contributed by atoms with Gasteiger partial charge in [-0.25, -0.2) is 0 Å². The van der Waals surface area contributed by atoms with E-state index in [9.17, 15) is 0 Å². The molecule has 0 spiro atoms. The Labute approximate surface area is 189 Å². The summed E-state index contributed by atoms with van der Waals surface area (Å²) in [6.07, 6.45) is 2.48. The highest BCUT2D eigenvalue weighted by Crippen LogP contribution is 2.48. The first-order chi connectivity index (χ1) is 12.5. The van der Waals surface area contributed by atoms with Gasteiger partial charge in [-0.3, -0.25) is 9.89 Å². The second-order valence-electron chi connectivity index (χ2n) is 7.79. The lowest BCUT2D eigenvalue weighted by Gasteiger charge is -2.36. The second-order valence-corrected chi connectivity index (χ2v) is 8.70. The monoisotopic (exact) mass is 549 g/mol. The molecule has 1 aliphatic heterocycles. The fourth-order valence-corrected chi connectivity index (χ4v) is 4.05. The first-order valence-electron chi connectivity index (χ1n) is 9.65. The molecule has 1 aromatic carbocycles. The summed E-state index contributed by atoms with van der Waals surface area (Å²) in [6, 6.07) is 9.23. The first-order valence-corrected chi connectivity index (χ1v) is 10.4. The van der Waals surface area contributed by atoms with Crippen LogP contribution in [0.3, 0.4) is 0 Å². The number of nitrogens with one attached hydrogen (secondary N) is 2. The number of rotatable bonds is 6. The Morgan fingerprint density at radius 3 is 2.52 bits per heavy atom. The van der Waals surface area contributed by atoms with Crippen molar-refractivity contribution >= 4 is 45.9 Å². The molecule has 2 fully saturated rings. The molecule has 3 rings (SSSR count). The third kappa shape index (κ3) is 6.30. The van der Waals surface area contributed by atoms with Crippen LogP contribution in [0.2, 0.25) is 0 Å². The van der Waals surface area contributed by atoms with E-state index >= 15 is 0 Å². The zero-order valence-electron chi connectivity index (χ0n) is 16.7. The molecule has 5 nitrogen and oxygen atoms in total. The van der Waals surface area contributed by atoms with Gasteiger partial charge in [0, 0.05) is 62.2 Å². The van der Waals surface area contributed by atoms with Crippen LogP contribution in [0.5, 0.6) is 0 Å². The second kappa shape index (κ2) is 10.4. The number of aliphatic imine (C=N–C) groups is 1. The Kier molecular flexibility index (Phi) is 8.83. The number of guanidine groups is 1. The van der Waals surface area contributed by atoms with Crippen LogP contribution in [0.15, 0.2) is 33.7 Å². The van der Waals surface area contributed by atoms with E-state index in [0.29, 0.717) is 6.04 Å². The lowest BCUT2D eigenvalue weighted by molar-refractivity contribution is 0.120. The lowest BCUT2D eigenvalue weighted by atomic mass is 9.96. The topological polar surface area (TPSA) is 42.9 Å². The molecule has 1 heterocycles. The molecule has 27 heavy (non-hydrogen) atoms. The summed E-state index contributed by atoms with van der Waals surface area (Å²) in [5, 5.41) is 7.07. The molecule has 1 aromatic rings. The average molecular weight is 550 g/mol. The maximum Gasteiger partial charge on any atom is 0.191 e. The molecule has 7 heteroatoms. The van der Waals surface area contributed by atoms with Crippen LogP contribution in [0.1, 0.15) is 25.3 Å². The smallest absolute Gasteiger partial charge is 0.191 e. The largest absolute Gasteiger partial charge is 0.356 e. The van der Waals surface area contributed by atoms with Gasteiger partial charge < -0.3 is 15.5 Å². The molecule has 1 saturated carbocycles. The van der Waals surface area contributed by atoms with Crippen molar-refractivity contribution in [1.82, 2.24) is 20.4 Å². The van der Waals surface area contributed by atoms with Gasteiger partial charge in [-0.05, 0) is 44.5 Å². The van der Waals surface area contributed by atoms with Gasteiger partial charge in [0.2, 0.25) is 0 Å². The number of hydrogen-bond donors (Lipinski definition) is 2. The van der Waals surface area contributed by atoms with Crippen molar-refractivity contribution in [2.45, 2.75) is 31.2 Å². The number of benzene rings is 1. The highest BCUT2D eigenvalue weighted by Gasteiger charge is 2.44. The third-order valence-electron chi connectivity index (χ3n) is 5.83. The summed E-state index contributed by atoms with van der Waals surface area (Å²) in [4.78, 5) is 9.37. The fraction of sp³-hybridized carbons (Fsp3) is 0.650. The van der Waals surface area contributed by atoms with E-state index < -0.39 is 0 Å². The van der Waals surface area contributed by atoms with Crippen molar-refractivity contribution in [2.24, 2.45) is 4.99 Å². The van der Waals surface area contributed by atoms with Crippen LogP contribution in [-0.4, -0.2) is 75.2 Å². The molecule has 1 unspecified atom stereocenters. The molecule has 0 aromatic heterocycles. The lowest BCUT2D eigenvalue weighted by Crippen LogP contribution is -2.52. The van der Waals surface area contributed by atoms with Gasteiger partial charge in [0.25, 0.3) is 0 Å². The standard InChI is InChI=1S/C20H32BrN5.HI/c1-16(26-11-9-25(3)10-12-26)14-23-19(22-2)24-15-20(7-8-20)17-5-4-6-18(21)13-17;/h4-6,13,16H,7-12,14-15H2,1-3H3,(H2,22,23,24);1H. The van der Waals surface area contributed by atoms with Crippen LogP contribution in [0.4, 0.5) is 0 Å². The quantitative estimate of drug-likeness (QED) is 0.325. The van der Waals surface area contributed by atoms with Crippen LogP contribution >= 0.6 is 39.9 Å². The molecule has 2 N–H and O–H groups in total. The highest BCUT2D eigenvalue weighted by molar-refractivity contribution is 14.0. The third-order valence-corrected chi connectivity index (χ3v) is 6.33. The number of piperazine rings is 1. The van der Waals surface area contributed by atoms with E-state index in [1.54, 1.807) is 0 Å². The predicted molar refractivity (Wildman–Crippen MR) is 128 cm³/mol. The van der Waals surface area contributed by atoms with Crippen molar-refractivity contribution in [2.75, 3.05) is 53.4 Å². The van der Waals surface area contributed by atoms with Crippen LogP contribution < -0.4 is 10.6 Å². The maximum atomic E-state index is 4.42. The van der Waals surface area contributed by atoms with Gasteiger partial charge in [0.1, 0.15) is 0 Å². The summed E-state index contributed by atoms with van der Waals surface area (Å²) < 4.78 is 1.16. The van der Waals surface area contributed by atoms with E-state index in [1.807, 2.05) is 7.05 Å². The summed E-state index contributed by atoms with van der Waals surface area (Å²) in [6.45, 7) is 8.78. The van der Waals surface area contributed by atoms with E-state index in [1.165, 1.54) is 18.4 Å². The summed E-state index contributed by atoms with van der Waals surface area (Å²) in [5.74, 6) is 0.909. The number of hydrogen-bond acceptors (Lipinski definition) is 3. The van der Waals surface area contributed by atoms with Crippen molar-refractivity contribution in [3.05, 3.63) is 34.3 Å². The fourth-order valence-electron chi connectivity index (χ4n) is 3.65. The Hall–Kier alpha value is -0.380. The minimum Gasteiger partial charge on any atom is -0.356 e. The Morgan fingerprint density at radius 1 is 1.22 bits per heavy atom. The molecular weight excluding hydrogens is 517 g/mol. The van der Waals surface area contributed by atoms with E-state index in [-0.39, 0.29) is 29.4 Å². The van der Waals surface area contributed by atoms with E-state index in [0.717, 1.165) is 49.7 Å². The average Bonchev–Trinajstić information content (AvgIpc) is 3.43. The Balaban J connectivity index is 0.00000261. The van der Waals surface area contributed by atoms with Crippen LogP contribution in [0, 0.1) is 0 Å². The van der Waals surface area contributed by atoms with Crippen LogP contribution in [0.25, 0.3) is 0 Å². The highest BCUT2D eigenvalue weighted by atomic mass is 127. The van der Waals surface area contributed by atoms with Gasteiger partial charge in [0.15, 0.2) is 5.96 Å². The normalized spacial score (nSPS) is 21.3. The molecule has 1 atom stereocenters. The van der Waals surface area contributed by atoms with Crippen molar-refractivity contribution in [1.29, 1.82) is 0 Å². The number of halogens is 2. The minimum atomic E-state index is 0. The van der Waals surface area contributed by atoms with Gasteiger partial charge in [-0.15, -0.1) is 24.0 Å². The molecule has 152 valence electrons. The van der Waals surface area contributed by atoms with Crippen molar-refractivity contribution in [3.63, 3.8) is 0 Å². The summed E-state index contributed by atoms with van der Waals surface area (Å²) >= 11 is 3.59. The zero-order chi connectivity index (χ0) is 18.6. The van der Waals surface area contributed by atoms with Gasteiger partial charge in [-0.1, -0.05) is 28.1 Å². The van der Waals surface area contributed by atoms with Crippen molar-refractivity contribution < 1.29 is 0 Å². The van der Waals surface area contributed by atoms with Crippen LogP contribution in [-0.2, 0) is 5.41 Å². The number of likely N-dealkylation sites (N-methyl/N-ethyl adjacent to an activating group) is 1. The molecule has 0 bridgehead atoms. The summed E-state index contributed by atoms with van der Waals surface area (Å²) in [5.41, 5.74) is 1.69. The Bertz CT molecular complexity index is 627. The predicted octanol–water partition coefficient (Wildman–Crippen LogP) is 2.90. The molecule has 1 aliphatic carbocycles. The molecular formula is C20H33BrIN5. The summed E-state index contributed by atoms with van der Waals surface area (Å²) in [7, 11) is 4.06. The van der Waals surface area contributed by atoms with E-state index in [4.69, 9.17) is 0 Å². The molecule has 1 saturated heterocycles. The molecule has 2 aliphatic rings. The van der Waals surface area contributed by atoms with E-state index in [2.05, 4.69) is 79.6 Å². The first kappa shape index (κ1) is 22.9. The molecule has 0 amide bonds. The van der Waals surface area contributed by atoms with Crippen molar-refractivity contribution in [3.8, 4) is 0 Å². The van der Waals surface area contributed by atoms with Gasteiger partial charge in [-0.2, -0.15) is 0 Å². The van der Waals surface area contributed by atoms with Gasteiger partial charge >= 0.3 is 0 Å². The Morgan fingerprint density at radius 2 is 1.93 bits per heavy atom. The maximum absolute atomic E-state index is 4.42. The number of nitrogens with zero attached hydrogens (tertiary/aromatic N) is 3.